The lowest BCUT2D eigenvalue weighted by molar-refractivity contribution is 0.183. The van der Waals surface area contributed by atoms with Gasteiger partial charge in [-0.05, 0) is 74.5 Å². The monoisotopic (exact) mass is 579 g/mol. The lowest BCUT2D eigenvalue weighted by atomic mass is 10.1. The van der Waals surface area contributed by atoms with E-state index in [0.717, 1.165) is 61.7 Å². The van der Waals surface area contributed by atoms with Crippen molar-refractivity contribution >= 4 is 31.9 Å². The fourth-order valence-electron chi connectivity index (χ4n) is 4.34. The topological polar surface area (TPSA) is 41.1 Å². The van der Waals surface area contributed by atoms with Gasteiger partial charge in [0.25, 0.3) is 0 Å². The van der Waals surface area contributed by atoms with Crippen molar-refractivity contribution in [1.29, 1.82) is 0 Å². The third-order valence-electron chi connectivity index (χ3n) is 6.21. The fourth-order valence-corrected chi connectivity index (χ4v) is 4.87. The number of piperidine rings is 1. The summed E-state index contributed by atoms with van der Waals surface area (Å²) in [5.74, 6) is 1.74. The van der Waals surface area contributed by atoms with Crippen LogP contribution in [-0.2, 0) is 0 Å². The smallest absolute Gasteiger partial charge is 0.138 e. The zero-order valence-electron chi connectivity index (χ0n) is 18.9. The molecule has 1 aliphatic heterocycles. The Hall–Kier alpha value is -2.41. The van der Waals surface area contributed by atoms with Gasteiger partial charge in [0.15, 0.2) is 0 Å². The molecule has 1 N–H and O–H groups in total. The van der Waals surface area contributed by atoms with Crippen molar-refractivity contribution in [3.05, 3.63) is 81.7 Å². The van der Waals surface area contributed by atoms with Gasteiger partial charge in [-0.25, -0.2) is 4.98 Å². The second-order valence-corrected chi connectivity index (χ2v) is 10.4. The van der Waals surface area contributed by atoms with Crippen LogP contribution in [0.3, 0.4) is 0 Å². The molecule has 0 spiro atoms. The summed E-state index contributed by atoms with van der Waals surface area (Å²) in [6.07, 6.45) is 3.98. The lowest BCUT2D eigenvalue weighted by Crippen LogP contribution is -2.33. The number of halogens is 2. The number of aromatic nitrogens is 2. The zero-order valence-corrected chi connectivity index (χ0v) is 22.1. The molecule has 6 heteroatoms. The maximum atomic E-state index is 6.01. The third kappa shape index (κ3) is 5.62. The molecule has 0 radical (unpaired) electrons. The van der Waals surface area contributed by atoms with Crippen LogP contribution < -0.4 is 4.74 Å². The number of benzene rings is 3. The van der Waals surface area contributed by atoms with Crippen LogP contribution in [-0.4, -0.2) is 41.1 Å². The predicted octanol–water partition coefficient (Wildman–Crippen LogP) is 7.80. The summed E-state index contributed by atoms with van der Waals surface area (Å²) in [6, 6.07) is 24.8. The Labute approximate surface area is 217 Å². The molecule has 2 heterocycles. The van der Waals surface area contributed by atoms with Crippen molar-refractivity contribution in [2.45, 2.75) is 19.3 Å². The van der Waals surface area contributed by atoms with Gasteiger partial charge in [0.1, 0.15) is 18.2 Å². The second-order valence-electron chi connectivity index (χ2n) is 8.60. The van der Waals surface area contributed by atoms with Crippen LogP contribution in [0.15, 0.2) is 81.7 Å². The van der Waals surface area contributed by atoms with E-state index >= 15 is 0 Å². The summed E-state index contributed by atoms with van der Waals surface area (Å²) in [5, 5.41) is 0. The van der Waals surface area contributed by atoms with Gasteiger partial charge in [-0.1, -0.05) is 62.5 Å². The van der Waals surface area contributed by atoms with E-state index < -0.39 is 0 Å². The molecule has 1 aromatic heterocycles. The molecule has 4 aromatic rings. The van der Waals surface area contributed by atoms with Crippen LogP contribution in [0, 0.1) is 0 Å². The first-order valence-electron chi connectivity index (χ1n) is 11.7. The highest BCUT2D eigenvalue weighted by atomic mass is 79.9. The van der Waals surface area contributed by atoms with Gasteiger partial charge in [0.05, 0.1) is 11.4 Å². The average molecular weight is 581 g/mol. The van der Waals surface area contributed by atoms with Gasteiger partial charge in [-0.15, -0.1) is 0 Å². The minimum absolute atomic E-state index is 0.724. The van der Waals surface area contributed by atoms with Crippen molar-refractivity contribution in [3.63, 3.8) is 0 Å². The van der Waals surface area contributed by atoms with E-state index in [1.54, 1.807) is 0 Å². The standard InChI is InChI=1S/C28H27Br2N3O/c29-23-10-4-20(5-11-23)26-27(21-6-12-24(30)13-7-21)32-28(31-26)22-8-14-25(15-9-22)34-19-18-33-16-2-1-3-17-33/h4-15H,1-3,16-19H2,(H,31,32). The molecule has 3 aromatic carbocycles. The van der Waals surface area contributed by atoms with Crippen molar-refractivity contribution < 1.29 is 4.74 Å². The van der Waals surface area contributed by atoms with Gasteiger partial charge < -0.3 is 9.72 Å². The first kappa shape index (κ1) is 23.3. The molecule has 0 saturated carbocycles. The van der Waals surface area contributed by atoms with Crippen LogP contribution in [0.1, 0.15) is 19.3 Å². The highest BCUT2D eigenvalue weighted by Crippen LogP contribution is 2.34. The Kier molecular flexibility index (Phi) is 7.48. The zero-order chi connectivity index (χ0) is 23.3. The number of rotatable bonds is 7. The first-order chi connectivity index (χ1) is 16.7. The summed E-state index contributed by atoms with van der Waals surface area (Å²) in [4.78, 5) is 11.1. The van der Waals surface area contributed by atoms with Crippen LogP contribution in [0.2, 0.25) is 0 Å². The number of imidazole rings is 1. The Morgan fingerprint density at radius 2 is 1.32 bits per heavy atom. The molecule has 4 nitrogen and oxygen atoms in total. The molecular formula is C28H27Br2N3O. The van der Waals surface area contributed by atoms with E-state index in [4.69, 9.17) is 9.72 Å². The molecule has 0 unspecified atom stereocenters. The lowest BCUT2D eigenvalue weighted by Gasteiger charge is -2.26. The molecule has 0 bridgehead atoms. The van der Waals surface area contributed by atoms with E-state index in [2.05, 4.69) is 90.3 Å². The van der Waals surface area contributed by atoms with E-state index in [-0.39, 0.29) is 0 Å². The summed E-state index contributed by atoms with van der Waals surface area (Å²) in [5.41, 5.74) is 5.14. The fraction of sp³-hybridized carbons (Fsp3) is 0.250. The molecule has 5 rings (SSSR count). The van der Waals surface area contributed by atoms with E-state index in [0.29, 0.717) is 0 Å². The SMILES string of the molecule is Brc1ccc(-c2nc(-c3ccc(OCCN4CCCCC4)cc3)[nH]c2-c2ccc(Br)cc2)cc1. The van der Waals surface area contributed by atoms with Crippen LogP contribution in [0.5, 0.6) is 5.75 Å². The minimum Gasteiger partial charge on any atom is -0.492 e. The van der Waals surface area contributed by atoms with Crippen molar-refractivity contribution in [2.24, 2.45) is 0 Å². The number of aromatic amines is 1. The summed E-state index contributed by atoms with van der Waals surface area (Å²) in [6.45, 7) is 4.11. The van der Waals surface area contributed by atoms with Gasteiger partial charge in [-0.2, -0.15) is 0 Å². The normalized spacial score (nSPS) is 14.3. The number of ether oxygens (including phenoxy) is 1. The molecule has 174 valence electrons. The summed E-state index contributed by atoms with van der Waals surface area (Å²) >= 11 is 7.06. The Bertz CT molecular complexity index is 1150. The predicted molar refractivity (Wildman–Crippen MR) is 146 cm³/mol. The van der Waals surface area contributed by atoms with Gasteiger partial charge >= 0.3 is 0 Å². The van der Waals surface area contributed by atoms with Gasteiger partial charge in [0, 0.05) is 32.2 Å². The maximum Gasteiger partial charge on any atom is 0.138 e. The highest BCUT2D eigenvalue weighted by Gasteiger charge is 2.16. The quantitative estimate of drug-likeness (QED) is 0.242. The largest absolute Gasteiger partial charge is 0.492 e. The van der Waals surface area contributed by atoms with Crippen molar-refractivity contribution in [2.75, 3.05) is 26.2 Å². The van der Waals surface area contributed by atoms with Crippen LogP contribution in [0.25, 0.3) is 33.9 Å². The van der Waals surface area contributed by atoms with E-state index in [1.165, 1.54) is 32.4 Å². The van der Waals surface area contributed by atoms with Gasteiger partial charge in [0.2, 0.25) is 0 Å². The molecule has 0 amide bonds. The van der Waals surface area contributed by atoms with Crippen molar-refractivity contribution in [1.82, 2.24) is 14.9 Å². The molecule has 34 heavy (non-hydrogen) atoms. The number of hydrogen-bond donors (Lipinski definition) is 1. The summed E-state index contributed by atoms with van der Waals surface area (Å²) < 4.78 is 8.11. The van der Waals surface area contributed by atoms with Crippen LogP contribution >= 0.6 is 31.9 Å². The van der Waals surface area contributed by atoms with E-state index in [9.17, 15) is 0 Å². The number of nitrogens with one attached hydrogen (secondary N) is 1. The van der Waals surface area contributed by atoms with Crippen LogP contribution in [0.4, 0.5) is 0 Å². The minimum atomic E-state index is 0.724. The number of likely N-dealkylation sites (tertiary alicyclic amines) is 1. The highest BCUT2D eigenvalue weighted by molar-refractivity contribution is 9.10. The first-order valence-corrected chi connectivity index (χ1v) is 13.3. The Morgan fingerprint density at radius 1 is 0.735 bits per heavy atom. The maximum absolute atomic E-state index is 6.01. The molecule has 0 aliphatic carbocycles. The van der Waals surface area contributed by atoms with Gasteiger partial charge in [-0.3, -0.25) is 4.90 Å². The number of H-pyrrole nitrogens is 1. The number of nitrogens with zero attached hydrogens (tertiary/aromatic N) is 2. The second kappa shape index (κ2) is 10.9. The molecule has 1 fully saturated rings. The Morgan fingerprint density at radius 3 is 1.97 bits per heavy atom. The molecule has 0 atom stereocenters. The van der Waals surface area contributed by atoms with Crippen molar-refractivity contribution in [3.8, 4) is 39.7 Å². The Balaban J connectivity index is 1.37. The molecular weight excluding hydrogens is 554 g/mol. The average Bonchev–Trinajstić information content (AvgIpc) is 3.31. The number of hydrogen-bond acceptors (Lipinski definition) is 3. The summed E-state index contributed by atoms with van der Waals surface area (Å²) in [7, 11) is 0. The molecule has 1 aliphatic rings. The molecule has 1 saturated heterocycles. The third-order valence-corrected chi connectivity index (χ3v) is 7.26. The van der Waals surface area contributed by atoms with E-state index in [1.807, 2.05) is 24.3 Å².